The van der Waals surface area contributed by atoms with Crippen LogP contribution in [0.1, 0.15) is 50.1 Å². The topological polar surface area (TPSA) is 110 Å². The monoisotopic (exact) mass is 596 g/mol. The number of aromatic nitrogens is 2. The van der Waals surface area contributed by atoms with Gasteiger partial charge in [-0.15, -0.1) is 23.7 Å². The molecule has 9 nitrogen and oxygen atoms in total. The lowest BCUT2D eigenvalue weighted by Gasteiger charge is -2.37. The van der Waals surface area contributed by atoms with E-state index in [2.05, 4.69) is 25.5 Å². The van der Waals surface area contributed by atoms with Crippen molar-refractivity contribution in [3.8, 4) is 0 Å². The highest BCUT2D eigenvalue weighted by molar-refractivity contribution is 7.13. The quantitative estimate of drug-likeness (QED) is 0.417. The fourth-order valence-electron chi connectivity index (χ4n) is 5.25. The summed E-state index contributed by atoms with van der Waals surface area (Å²) >= 11 is 7.27. The molecule has 2 aromatic heterocycles. The zero-order valence-corrected chi connectivity index (χ0v) is 24.2. The van der Waals surface area contributed by atoms with Gasteiger partial charge in [0.2, 0.25) is 5.91 Å². The molecule has 13 heteroatoms. The fraction of sp³-hybridized carbons (Fsp3) is 0.462. The van der Waals surface area contributed by atoms with Crippen molar-refractivity contribution in [2.75, 3.05) is 27.7 Å². The Labute approximate surface area is 240 Å². The van der Waals surface area contributed by atoms with Crippen LogP contribution in [0.4, 0.5) is 4.39 Å². The minimum absolute atomic E-state index is 0. The minimum Gasteiger partial charge on any atom is -0.350 e. The Kier molecular flexibility index (Phi) is 8.85. The second-order valence-corrected chi connectivity index (χ2v) is 11.8. The lowest BCUT2D eigenvalue weighted by atomic mass is 9.81. The first-order valence-corrected chi connectivity index (χ1v) is 13.8. The lowest BCUT2D eigenvalue weighted by molar-refractivity contribution is -0.134. The van der Waals surface area contributed by atoms with Crippen LogP contribution in [0.5, 0.6) is 0 Å². The average Bonchev–Trinajstić information content (AvgIpc) is 3.51. The minimum atomic E-state index is -0.593. The maximum Gasteiger partial charge on any atom is 0.280 e. The smallest absolute Gasteiger partial charge is 0.280 e. The molecule has 1 aliphatic heterocycles. The number of hydrogen-bond acceptors (Lipinski definition) is 6. The van der Waals surface area contributed by atoms with Gasteiger partial charge in [-0.05, 0) is 44.5 Å². The van der Waals surface area contributed by atoms with E-state index in [0.717, 1.165) is 30.1 Å². The van der Waals surface area contributed by atoms with Crippen molar-refractivity contribution in [3.63, 3.8) is 0 Å². The van der Waals surface area contributed by atoms with Gasteiger partial charge in [-0.25, -0.2) is 9.37 Å². The number of fused-ring (bicyclic) bond motifs is 2. The average molecular weight is 598 g/mol. The van der Waals surface area contributed by atoms with Gasteiger partial charge in [0.05, 0.1) is 16.8 Å². The summed E-state index contributed by atoms with van der Waals surface area (Å²) in [6.45, 7) is 1.66. The van der Waals surface area contributed by atoms with Gasteiger partial charge < -0.3 is 25.4 Å². The number of H-pyrrole nitrogens is 1. The summed E-state index contributed by atoms with van der Waals surface area (Å²) < 4.78 is 14.4. The third-order valence-electron chi connectivity index (χ3n) is 7.32. The van der Waals surface area contributed by atoms with Crippen LogP contribution in [0, 0.1) is 11.7 Å². The van der Waals surface area contributed by atoms with Gasteiger partial charge in [-0.3, -0.25) is 14.4 Å². The van der Waals surface area contributed by atoms with Crippen LogP contribution in [0.25, 0.3) is 10.9 Å². The van der Waals surface area contributed by atoms with E-state index in [1.807, 2.05) is 7.05 Å². The Bertz CT molecular complexity index is 1410. The number of benzene rings is 1. The van der Waals surface area contributed by atoms with E-state index in [-0.39, 0.29) is 46.2 Å². The molecule has 5 rings (SSSR count). The molecule has 0 bridgehead atoms. The summed E-state index contributed by atoms with van der Waals surface area (Å²) in [5.74, 6) is -1.61. The van der Waals surface area contributed by atoms with Crippen molar-refractivity contribution in [2.24, 2.45) is 5.92 Å². The van der Waals surface area contributed by atoms with Crippen molar-refractivity contribution in [2.45, 2.75) is 44.3 Å². The van der Waals surface area contributed by atoms with E-state index in [1.54, 1.807) is 25.1 Å². The van der Waals surface area contributed by atoms with Crippen LogP contribution in [0.2, 0.25) is 5.02 Å². The summed E-state index contributed by atoms with van der Waals surface area (Å²) in [4.78, 5) is 51.5. The molecule has 3 amide bonds. The van der Waals surface area contributed by atoms with Crippen molar-refractivity contribution < 1.29 is 18.8 Å². The van der Waals surface area contributed by atoms with E-state index in [1.165, 1.54) is 23.5 Å². The third-order valence-corrected chi connectivity index (χ3v) is 8.70. The number of halogens is 3. The summed E-state index contributed by atoms with van der Waals surface area (Å²) in [7, 11) is 5.46. The molecule has 210 valence electrons. The summed E-state index contributed by atoms with van der Waals surface area (Å²) in [5.41, 5.74) is 1.61. The highest BCUT2D eigenvalue weighted by atomic mass is 35.5. The Morgan fingerprint density at radius 1 is 1.18 bits per heavy atom. The van der Waals surface area contributed by atoms with Crippen LogP contribution >= 0.6 is 35.3 Å². The Morgan fingerprint density at radius 3 is 2.67 bits per heavy atom. The van der Waals surface area contributed by atoms with E-state index < -0.39 is 23.8 Å². The van der Waals surface area contributed by atoms with Gasteiger partial charge >= 0.3 is 0 Å². The standard InChI is InChI=1S/C26H30ClFN6O3S.ClH/c1-33(2)26(37)13-4-6-17(30-23(35)20-11-14-16(29-20)7-5-15(27)22(14)28)19(10-13)31-24(36)25-32-18-8-9-34(3)12-21(18)38-25;/h5,7,11,13,17,19,29H,4,6,8-10,12H2,1-3H3,(H,30,35)(H,31,36);1H. The number of hydrogen-bond donors (Lipinski definition) is 3. The zero-order valence-electron chi connectivity index (χ0n) is 21.8. The van der Waals surface area contributed by atoms with E-state index in [4.69, 9.17) is 11.6 Å². The molecule has 39 heavy (non-hydrogen) atoms. The maximum absolute atomic E-state index is 14.4. The first-order chi connectivity index (χ1) is 18.1. The first-order valence-electron chi connectivity index (χ1n) is 12.6. The molecule has 1 fully saturated rings. The fourth-order valence-corrected chi connectivity index (χ4v) is 6.51. The number of carbonyl (C=O) groups is 3. The number of rotatable bonds is 5. The van der Waals surface area contributed by atoms with Crippen LogP contribution in [0.15, 0.2) is 18.2 Å². The molecule has 1 saturated carbocycles. The van der Waals surface area contributed by atoms with E-state index in [9.17, 15) is 18.8 Å². The number of aromatic amines is 1. The normalized spacial score (nSPS) is 21.1. The molecule has 3 heterocycles. The summed E-state index contributed by atoms with van der Waals surface area (Å²) in [6, 6.07) is 3.58. The molecule has 3 atom stereocenters. The number of amides is 3. The number of thiazole rings is 1. The molecule has 3 unspecified atom stereocenters. The van der Waals surface area contributed by atoms with Crippen molar-refractivity contribution in [1.82, 2.24) is 30.4 Å². The SMILES string of the molecule is CN1CCc2nc(C(=O)NC3CC(C(=O)N(C)C)CCC3NC(=O)c3cc4c(F)c(Cl)ccc4[nH]3)sc2C1.Cl. The molecule has 3 N–H and O–H groups in total. The van der Waals surface area contributed by atoms with Crippen molar-refractivity contribution in [3.05, 3.63) is 50.3 Å². The van der Waals surface area contributed by atoms with Gasteiger partial charge in [-0.2, -0.15) is 0 Å². The predicted molar refractivity (Wildman–Crippen MR) is 151 cm³/mol. The van der Waals surface area contributed by atoms with Crippen LogP contribution in [-0.2, 0) is 17.8 Å². The van der Waals surface area contributed by atoms with Crippen molar-refractivity contribution >= 4 is 64.0 Å². The maximum atomic E-state index is 14.4. The molecule has 1 aromatic carbocycles. The van der Waals surface area contributed by atoms with Crippen LogP contribution in [-0.4, -0.2) is 77.3 Å². The molecule has 0 saturated heterocycles. The van der Waals surface area contributed by atoms with E-state index >= 15 is 0 Å². The van der Waals surface area contributed by atoms with Crippen LogP contribution in [0.3, 0.4) is 0 Å². The second kappa shape index (κ2) is 11.8. The Balaban J connectivity index is 0.00000353. The highest BCUT2D eigenvalue weighted by Crippen LogP contribution is 2.29. The lowest BCUT2D eigenvalue weighted by Crippen LogP contribution is -2.56. The Morgan fingerprint density at radius 2 is 1.92 bits per heavy atom. The van der Waals surface area contributed by atoms with Gasteiger partial charge in [-0.1, -0.05) is 11.6 Å². The Hall–Kier alpha value is -2.73. The highest BCUT2D eigenvalue weighted by Gasteiger charge is 2.37. The van der Waals surface area contributed by atoms with Crippen LogP contribution < -0.4 is 10.6 Å². The van der Waals surface area contributed by atoms with Gasteiger partial charge in [0.25, 0.3) is 11.8 Å². The van der Waals surface area contributed by atoms with E-state index in [0.29, 0.717) is 29.8 Å². The largest absolute Gasteiger partial charge is 0.350 e. The number of carbonyl (C=O) groups excluding carboxylic acids is 3. The first kappa shape index (κ1) is 29.3. The molecule has 2 aliphatic rings. The van der Waals surface area contributed by atoms with Gasteiger partial charge in [0.1, 0.15) is 5.69 Å². The summed E-state index contributed by atoms with van der Waals surface area (Å²) in [5, 5.41) is 6.64. The number of nitrogens with zero attached hydrogens (tertiary/aromatic N) is 3. The molecule has 1 aliphatic carbocycles. The molecular weight excluding hydrogens is 566 g/mol. The second-order valence-electron chi connectivity index (χ2n) is 10.3. The molecule has 3 aromatic rings. The molecule has 0 radical (unpaired) electrons. The zero-order chi connectivity index (χ0) is 27.1. The molecular formula is C26H31Cl2FN6O3S. The van der Waals surface area contributed by atoms with Gasteiger partial charge in [0.15, 0.2) is 10.8 Å². The van der Waals surface area contributed by atoms with Gasteiger partial charge in [0, 0.05) is 61.3 Å². The summed E-state index contributed by atoms with van der Waals surface area (Å²) in [6.07, 6.45) is 2.26. The predicted octanol–water partition coefficient (Wildman–Crippen LogP) is 3.61. The number of likely N-dealkylation sites (N-methyl/N-ethyl adjacent to an activating group) is 1. The number of nitrogens with one attached hydrogen (secondary N) is 3. The third kappa shape index (κ3) is 6.06. The molecule has 0 spiro atoms. The van der Waals surface area contributed by atoms with Crippen molar-refractivity contribution in [1.29, 1.82) is 0 Å².